The average Bonchev–Trinajstić information content (AvgIpc) is 3.26. The van der Waals surface area contributed by atoms with E-state index in [-0.39, 0.29) is 17.5 Å². The minimum absolute atomic E-state index is 0.129. The predicted molar refractivity (Wildman–Crippen MR) is 132 cm³/mol. The van der Waals surface area contributed by atoms with Gasteiger partial charge in [0.05, 0.1) is 5.75 Å². The van der Waals surface area contributed by atoms with E-state index < -0.39 is 6.10 Å². The third kappa shape index (κ3) is 5.76. The number of nitrogens with zero attached hydrogens (tertiary/aromatic N) is 3. The first-order chi connectivity index (χ1) is 16.4. The number of halogens is 2. The minimum Gasteiger partial charge on any atom is -0.483 e. The van der Waals surface area contributed by atoms with E-state index in [0.29, 0.717) is 27.4 Å². The third-order valence-electron chi connectivity index (χ3n) is 4.97. The lowest BCUT2D eigenvalue weighted by Gasteiger charge is -2.16. The normalized spacial score (nSPS) is 11.8. The lowest BCUT2D eigenvalue weighted by atomic mass is 10.2. The number of rotatable bonds is 8. The number of anilines is 1. The van der Waals surface area contributed by atoms with E-state index in [4.69, 9.17) is 16.3 Å². The monoisotopic (exact) mass is 496 g/mol. The number of benzene rings is 3. The van der Waals surface area contributed by atoms with Crippen molar-refractivity contribution in [3.05, 3.63) is 95.0 Å². The second kappa shape index (κ2) is 10.7. The van der Waals surface area contributed by atoms with Gasteiger partial charge in [-0.05, 0) is 67.9 Å². The van der Waals surface area contributed by atoms with Crippen molar-refractivity contribution in [2.24, 2.45) is 0 Å². The Labute approximate surface area is 206 Å². The van der Waals surface area contributed by atoms with Crippen LogP contribution >= 0.6 is 23.4 Å². The Hall–Kier alpha value is -3.36. The van der Waals surface area contributed by atoms with E-state index in [9.17, 15) is 9.18 Å². The fourth-order valence-electron chi connectivity index (χ4n) is 3.27. The Kier molecular flexibility index (Phi) is 7.49. The fraction of sp³-hybridized carbons (Fsp3) is 0.160. The highest BCUT2D eigenvalue weighted by molar-refractivity contribution is 7.99. The molecule has 3 aromatic carbocycles. The van der Waals surface area contributed by atoms with Gasteiger partial charge in [0.2, 0.25) is 5.91 Å². The number of thioether (sulfide) groups is 1. The van der Waals surface area contributed by atoms with Crippen LogP contribution in [0.2, 0.25) is 5.02 Å². The molecule has 0 aliphatic carbocycles. The number of aromatic nitrogens is 3. The molecule has 4 rings (SSSR count). The molecule has 1 unspecified atom stereocenters. The summed E-state index contributed by atoms with van der Waals surface area (Å²) in [6, 6.07) is 20.7. The van der Waals surface area contributed by atoms with Crippen LogP contribution in [0.3, 0.4) is 0 Å². The standard InChI is InChI=1S/C25H22ClFN4O2S/c1-16-8-9-18(26)14-22(16)28-23(32)15-34-25-30-29-24(31(25)20-6-4-3-5-7-20)17(2)33-21-12-10-19(27)11-13-21/h3-14,17H,15H2,1-2H3,(H,28,32). The molecule has 1 atom stereocenters. The van der Waals surface area contributed by atoms with Crippen LogP contribution in [-0.2, 0) is 4.79 Å². The lowest BCUT2D eigenvalue weighted by Crippen LogP contribution is -2.16. The van der Waals surface area contributed by atoms with Crippen molar-refractivity contribution in [1.82, 2.24) is 14.8 Å². The topological polar surface area (TPSA) is 69.0 Å². The van der Waals surface area contributed by atoms with Gasteiger partial charge in [0.1, 0.15) is 11.6 Å². The number of hydrogen-bond acceptors (Lipinski definition) is 5. The highest BCUT2D eigenvalue weighted by atomic mass is 35.5. The van der Waals surface area contributed by atoms with Crippen molar-refractivity contribution in [2.75, 3.05) is 11.1 Å². The van der Waals surface area contributed by atoms with E-state index >= 15 is 0 Å². The van der Waals surface area contributed by atoms with Gasteiger partial charge in [0.15, 0.2) is 17.1 Å². The molecule has 0 aliphatic heterocycles. The maximum absolute atomic E-state index is 13.2. The van der Waals surface area contributed by atoms with Gasteiger partial charge in [-0.25, -0.2) is 4.39 Å². The predicted octanol–water partition coefficient (Wildman–Crippen LogP) is 6.24. The van der Waals surface area contributed by atoms with Gasteiger partial charge in [-0.15, -0.1) is 10.2 Å². The van der Waals surface area contributed by atoms with Gasteiger partial charge < -0.3 is 10.1 Å². The van der Waals surface area contributed by atoms with Gasteiger partial charge in [0.25, 0.3) is 0 Å². The molecule has 0 aliphatic rings. The molecular formula is C25H22ClFN4O2S. The molecule has 174 valence electrons. The van der Waals surface area contributed by atoms with E-state index in [0.717, 1.165) is 11.3 Å². The second-order valence-electron chi connectivity index (χ2n) is 7.52. The van der Waals surface area contributed by atoms with E-state index in [2.05, 4.69) is 15.5 Å². The molecule has 0 spiro atoms. The Bertz CT molecular complexity index is 1280. The summed E-state index contributed by atoms with van der Waals surface area (Å²) in [5.41, 5.74) is 2.43. The summed E-state index contributed by atoms with van der Waals surface area (Å²) >= 11 is 7.32. The van der Waals surface area contributed by atoms with Gasteiger partial charge in [-0.1, -0.05) is 47.6 Å². The van der Waals surface area contributed by atoms with Crippen molar-refractivity contribution in [2.45, 2.75) is 25.1 Å². The van der Waals surface area contributed by atoms with Crippen LogP contribution in [0.5, 0.6) is 5.75 Å². The summed E-state index contributed by atoms with van der Waals surface area (Å²) in [5, 5.41) is 12.6. The summed E-state index contributed by atoms with van der Waals surface area (Å²) in [4.78, 5) is 12.6. The number of para-hydroxylation sites is 1. The average molecular weight is 497 g/mol. The van der Waals surface area contributed by atoms with E-state index in [1.807, 2.05) is 54.8 Å². The van der Waals surface area contributed by atoms with Gasteiger partial charge in [0, 0.05) is 16.4 Å². The quantitative estimate of drug-likeness (QED) is 0.292. The number of nitrogens with one attached hydrogen (secondary N) is 1. The number of aryl methyl sites for hydroxylation is 1. The van der Waals surface area contributed by atoms with Crippen LogP contribution in [0.1, 0.15) is 24.4 Å². The van der Waals surface area contributed by atoms with Gasteiger partial charge >= 0.3 is 0 Å². The zero-order chi connectivity index (χ0) is 24.1. The molecular weight excluding hydrogens is 475 g/mol. The molecule has 1 aromatic heterocycles. The zero-order valence-electron chi connectivity index (χ0n) is 18.5. The fourth-order valence-corrected chi connectivity index (χ4v) is 4.20. The first kappa shape index (κ1) is 23.8. The van der Waals surface area contributed by atoms with E-state index in [1.54, 1.807) is 24.3 Å². The molecule has 1 heterocycles. The van der Waals surface area contributed by atoms with Crippen molar-refractivity contribution in [3.8, 4) is 11.4 Å². The van der Waals surface area contributed by atoms with E-state index in [1.165, 1.54) is 23.9 Å². The highest BCUT2D eigenvalue weighted by Crippen LogP contribution is 2.28. The zero-order valence-corrected chi connectivity index (χ0v) is 20.1. The Balaban J connectivity index is 1.54. The largest absolute Gasteiger partial charge is 0.483 e. The number of carbonyl (C=O) groups excluding carboxylic acids is 1. The first-order valence-electron chi connectivity index (χ1n) is 10.5. The van der Waals surface area contributed by atoms with Crippen molar-refractivity contribution in [3.63, 3.8) is 0 Å². The molecule has 6 nitrogen and oxygen atoms in total. The van der Waals surface area contributed by atoms with Crippen LogP contribution in [0.25, 0.3) is 5.69 Å². The minimum atomic E-state index is -0.476. The molecule has 4 aromatic rings. The molecule has 0 radical (unpaired) electrons. The van der Waals surface area contributed by atoms with Crippen LogP contribution in [0, 0.1) is 12.7 Å². The Morgan fingerprint density at radius 3 is 2.59 bits per heavy atom. The van der Waals surface area contributed by atoms with Crippen molar-refractivity contribution < 1.29 is 13.9 Å². The second-order valence-corrected chi connectivity index (χ2v) is 8.90. The molecule has 0 bridgehead atoms. The van der Waals surface area contributed by atoms with Crippen LogP contribution in [-0.4, -0.2) is 26.4 Å². The maximum Gasteiger partial charge on any atom is 0.234 e. The number of hydrogen-bond donors (Lipinski definition) is 1. The summed E-state index contributed by atoms with van der Waals surface area (Å²) in [6.45, 7) is 3.75. The first-order valence-corrected chi connectivity index (χ1v) is 11.9. The summed E-state index contributed by atoms with van der Waals surface area (Å²) < 4.78 is 21.1. The third-order valence-corrected chi connectivity index (χ3v) is 6.13. The number of carbonyl (C=O) groups is 1. The maximum atomic E-state index is 13.2. The Morgan fingerprint density at radius 2 is 1.85 bits per heavy atom. The van der Waals surface area contributed by atoms with Crippen LogP contribution in [0.4, 0.5) is 10.1 Å². The molecule has 0 fully saturated rings. The Morgan fingerprint density at radius 1 is 1.12 bits per heavy atom. The smallest absolute Gasteiger partial charge is 0.234 e. The summed E-state index contributed by atoms with van der Waals surface area (Å²) in [5.74, 6) is 0.683. The summed E-state index contributed by atoms with van der Waals surface area (Å²) in [6.07, 6.45) is -0.476. The van der Waals surface area contributed by atoms with Gasteiger partial charge in [-0.3, -0.25) is 9.36 Å². The molecule has 1 N–H and O–H groups in total. The molecule has 0 saturated carbocycles. The number of amides is 1. The molecule has 0 saturated heterocycles. The van der Waals surface area contributed by atoms with Crippen molar-refractivity contribution in [1.29, 1.82) is 0 Å². The number of ether oxygens (including phenoxy) is 1. The molecule has 9 heteroatoms. The lowest BCUT2D eigenvalue weighted by molar-refractivity contribution is -0.113. The van der Waals surface area contributed by atoms with Gasteiger partial charge in [-0.2, -0.15) is 0 Å². The SMILES string of the molecule is Cc1ccc(Cl)cc1NC(=O)CSc1nnc(C(C)Oc2ccc(F)cc2)n1-c1ccccc1. The van der Waals surface area contributed by atoms with Crippen molar-refractivity contribution >= 4 is 35.0 Å². The van der Waals surface area contributed by atoms with Crippen LogP contribution in [0.15, 0.2) is 78.0 Å². The highest BCUT2D eigenvalue weighted by Gasteiger charge is 2.22. The molecule has 34 heavy (non-hydrogen) atoms. The summed E-state index contributed by atoms with van der Waals surface area (Å²) in [7, 11) is 0. The van der Waals surface area contributed by atoms with Crippen LogP contribution < -0.4 is 10.1 Å². The molecule has 1 amide bonds.